The number of carbonyl (C=O) groups excluding carboxylic acids is 2. The van der Waals surface area contributed by atoms with Gasteiger partial charge in [0.2, 0.25) is 11.8 Å². The Morgan fingerprint density at radius 3 is 2.71 bits per heavy atom. The SMILES string of the molecule is CC1CC(=O)N(CCCC(=O)Nc2ccc(C#N)cc2)C1. The molecule has 0 saturated carbocycles. The quantitative estimate of drug-likeness (QED) is 0.900. The van der Waals surface area contributed by atoms with E-state index in [1.54, 1.807) is 24.3 Å². The first kappa shape index (κ1) is 15.0. The molecule has 1 aliphatic rings. The molecule has 1 atom stereocenters. The fourth-order valence-corrected chi connectivity index (χ4v) is 2.47. The molecule has 1 fully saturated rings. The van der Waals surface area contributed by atoms with Crippen LogP contribution in [-0.4, -0.2) is 29.8 Å². The average molecular weight is 285 g/mol. The van der Waals surface area contributed by atoms with Gasteiger partial charge in [0.1, 0.15) is 0 Å². The number of rotatable bonds is 5. The first-order valence-electron chi connectivity index (χ1n) is 7.16. The number of hydrogen-bond acceptors (Lipinski definition) is 3. The summed E-state index contributed by atoms with van der Waals surface area (Å²) in [5.74, 6) is 0.541. The highest BCUT2D eigenvalue weighted by molar-refractivity contribution is 5.90. The van der Waals surface area contributed by atoms with Gasteiger partial charge < -0.3 is 10.2 Å². The van der Waals surface area contributed by atoms with Crippen LogP contribution in [0.25, 0.3) is 0 Å². The fourth-order valence-electron chi connectivity index (χ4n) is 2.47. The lowest BCUT2D eigenvalue weighted by Crippen LogP contribution is -2.27. The largest absolute Gasteiger partial charge is 0.342 e. The summed E-state index contributed by atoms with van der Waals surface area (Å²) >= 11 is 0. The summed E-state index contributed by atoms with van der Waals surface area (Å²) in [5, 5.41) is 11.5. The first-order valence-corrected chi connectivity index (χ1v) is 7.16. The zero-order chi connectivity index (χ0) is 15.2. The highest BCUT2D eigenvalue weighted by atomic mass is 16.2. The molecule has 2 rings (SSSR count). The Morgan fingerprint density at radius 2 is 2.14 bits per heavy atom. The smallest absolute Gasteiger partial charge is 0.224 e. The van der Waals surface area contributed by atoms with Gasteiger partial charge in [0.15, 0.2) is 0 Å². The van der Waals surface area contributed by atoms with Gasteiger partial charge >= 0.3 is 0 Å². The summed E-state index contributed by atoms with van der Waals surface area (Å²) in [6.45, 7) is 3.51. The van der Waals surface area contributed by atoms with Gasteiger partial charge in [-0.2, -0.15) is 5.26 Å². The van der Waals surface area contributed by atoms with Crippen LogP contribution >= 0.6 is 0 Å². The minimum atomic E-state index is -0.0700. The average Bonchev–Trinajstić information content (AvgIpc) is 2.78. The lowest BCUT2D eigenvalue weighted by atomic mass is 10.2. The summed E-state index contributed by atoms with van der Waals surface area (Å²) < 4.78 is 0. The third-order valence-electron chi connectivity index (χ3n) is 3.54. The van der Waals surface area contributed by atoms with Gasteiger partial charge in [0.25, 0.3) is 0 Å². The van der Waals surface area contributed by atoms with Crippen LogP contribution in [0, 0.1) is 17.2 Å². The normalized spacial score (nSPS) is 17.6. The Hall–Kier alpha value is -2.35. The molecule has 21 heavy (non-hydrogen) atoms. The van der Waals surface area contributed by atoms with Crippen molar-refractivity contribution in [2.75, 3.05) is 18.4 Å². The van der Waals surface area contributed by atoms with Gasteiger partial charge in [-0.25, -0.2) is 0 Å². The summed E-state index contributed by atoms with van der Waals surface area (Å²) in [6, 6.07) is 8.78. The number of likely N-dealkylation sites (tertiary alicyclic amines) is 1. The van der Waals surface area contributed by atoms with Crippen molar-refractivity contribution in [3.8, 4) is 6.07 Å². The molecule has 0 bridgehead atoms. The van der Waals surface area contributed by atoms with Crippen LogP contribution in [0.3, 0.4) is 0 Å². The Morgan fingerprint density at radius 1 is 1.43 bits per heavy atom. The predicted molar refractivity (Wildman–Crippen MR) is 79.4 cm³/mol. The molecule has 0 radical (unpaired) electrons. The number of carbonyl (C=O) groups is 2. The zero-order valence-electron chi connectivity index (χ0n) is 12.1. The van der Waals surface area contributed by atoms with E-state index in [1.165, 1.54) is 0 Å². The molecule has 0 spiro atoms. The highest BCUT2D eigenvalue weighted by Crippen LogP contribution is 2.17. The van der Waals surface area contributed by atoms with E-state index in [9.17, 15) is 9.59 Å². The second-order valence-corrected chi connectivity index (χ2v) is 5.49. The molecule has 1 aromatic rings. The van der Waals surface area contributed by atoms with E-state index in [-0.39, 0.29) is 11.8 Å². The molecule has 1 aromatic carbocycles. The van der Waals surface area contributed by atoms with E-state index in [1.807, 2.05) is 11.0 Å². The number of nitrogens with zero attached hydrogens (tertiary/aromatic N) is 2. The predicted octanol–water partition coefficient (Wildman–Crippen LogP) is 2.15. The molecule has 1 aliphatic heterocycles. The van der Waals surface area contributed by atoms with Crippen molar-refractivity contribution in [3.05, 3.63) is 29.8 Å². The standard InChI is InChI=1S/C16H19N3O2/c1-12-9-16(21)19(11-12)8-2-3-15(20)18-14-6-4-13(10-17)5-7-14/h4-7,12H,2-3,8-9,11H2,1H3,(H,18,20). The number of nitriles is 1. The Bertz CT molecular complexity index is 560. The summed E-state index contributed by atoms with van der Waals surface area (Å²) in [6.07, 6.45) is 1.68. The van der Waals surface area contributed by atoms with Crippen molar-refractivity contribution in [3.63, 3.8) is 0 Å². The Balaban J connectivity index is 1.72. The van der Waals surface area contributed by atoms with Gasteiger partial charge in [-0.3, -0.25) is 9.59 Å². The maximum Gasteiger partial charge on any atom is 0.224 e. The van der Waals surface area contributed by atoms with Crippen molar-refractivity contribution in [1.82, 2.24) is 4.90 Å². The lowest BCUT2D eigenvalue weighted by molar-refractivity contribution is -0.128. The van der Waals surface area contributed by atoms with E-state index in [2.05, 4.69) is 12.2 Å². The topological polar surface area (TPSA) is 73.2 Å². The van der Waals surface area contributed by atoms with Crippen LogP contribution in [0.4, 0.5) is 5.69 Å². The number of nitrogens with one attached hydrogen (secondary N) is 1. The second-order valence-electron chi connectivity index (χ2n) is 5.49. The van der Waals surface area contributed by atoms with E-state index < -0.39 is 0 Å². The van der Waals surface area contributed by atoms with Crippen LogP contribution in [0.2, 0.25) is 0 Å². The van der Waals surface area contributed by atoms with Crippen LogP contribution in [-0.2, 0) is 9.59 Å². The molecule has 1 heterocycles. The molecule has 110 valence electrons. The second kappa shape index (κ2) is 6.89. The third-order valence-corrected chi connectivity index (χ3v) is 3.54. The molecule has 5 nitrogen and oxygen atoms in total. The zero-order valence-corrected chi connectivity index (χ0v) is 12.1. The minimum absolute atomic E-state index is 0.0700. The molecule has 0 aliphatic carbocycles. The van der Waals surface area contributed by atoms with E-state index in [4.69, 9.17) is 5.26 Å². The summed E-state index contributed by atoms with van der Waals surface area (Å²) in [4.78, 5) is 25.3. The van der Waals surface area contributed by atoms with Crippen molar-refractivity contribution in [2.45, 2.75) is 26.2 Å². The highest BCUT2D eigenvalue weighted by Gasteiger charge is 2.25. The van der Waals surface area contributed by atoms with Gasteiger partial charge in [0, 0.05) is 31.6 Å². The molecule has 2 amide bonds. The van der Waals surface area contributed by atoms with Gasteiger partial charge in [-0.1, -0.05) is 6.92 Å². The maximum absolute atomic E-state index is 11.8. The van der Waals surface area contributed by atoms with Gasteiger partial charge in [-0.15, -0.1) is 0 Å². The molecular weight excluding hydrogens is 266 g/mol. The number of hydrogen-bond donors (Lipinski definition) is 1. The number of benzene rings is 1. The number of anilines is 1. The Labute approximate surface area is 124 Å². The third kappa shape index (κ3) is 4.32. The maximum atomic E-state index is 11.8. The summed E-state index contributed by atoms with van der Waals surface area (Å²) in [7, 11) is 0. The minimum Gasteiger partial charge on any atom is -0.342 e. The first-order chi connectivity index (χ1) is 10.1. The van der Waals surface area contributed by atoms with Crippen molar-refractivity contribution < 1.29 is 9.59 Å². The Kier molecular flexibility index (Phi) is 4.94. The van der Waals surface area contributed by atoms with E-state index in [0.29, 0.717) is 43.0 Å². The monoisotopic (exact) mass is 285 g/mol. The van der Waals surface area contributed by atoms with Crippen LogP contribution in [0.5, 0.6) is 0 Å². The van der Waals surface area contributed by atoms with E-state index >= 15 is 0 Å². The van der Waals surface area contributed by atoms with Crippen molar-refractivity contribution in [2.24, 2.45) is 5.92 Å². The van der Waals surface area contributed by atoms with Crippen LogP contribution < -0.4 is 5.32 Å². The van der Waals surface area contributed by atoms with Crippen molar-refractivity contribution in [1.29, 1.82) is 5.26 Å². The molecule has 1 saturated heterocycles. The fraction of sp³-hybridized carbons (Fsp3) is 0.438. The molecule has 1 unspecified atom stereocenters. The number of amides is 2. The molecule has 0 aromatic heterocycles. The molecule has 5 heteroatoms. The van der Waals surface area contributed by atoms with Crippen LogP contribution in [0.1, 0.15) is 31.7 Å². The summed E-state index contributed by atoms with van der Waals surface area (Å²) in [5.41, 5.74) is 1.25. The lowest BCUT2D eigenvalue weighted by Gasteiger charge is -2.15. The van der Waals surface area contributed by atoms with Gasteiger partial charge in [-0.05, 0) is 36.6 Å². The molecular formula is C16H19N3O2. The van der Waals surface area contributed by atoms with Crippen LogP contribution in [0.15, 0.2) is 24.3 Å². The van der Waals surface area contributed by atoms with Crippen molar-refractivity contribution >= 4 is 17.5 Å². The molecule has 1 N–H and O–H groups in total. The van der Waals surface area contributed by atoms with E-state index in [0.717, 1.165) is 6.54 Å². The van der Waals surface area contributed by atoms with Gasteiger partial charge in [0.05, 0.1) is 11.6 Å².